The Morgan fingerprint density at radius 2 is 0.983 bits per heavy atom. The molecule has 0 radical (unpaired) electrons. The van der Waals surface area contributed by atoms with Crippen LogP contribution < -0.4 is 5.32 Å². The molecule has 1 atom stereocenters. The minimum absolute atomic E-state index is 0.379. The lowest BCUT2D eigenvalue weighted by molar-refractivity contribution is 0.668. The van der Waals surface area contributed by atoms with Crippen LogP contribution in [0.15, 0.2) is 207 Å². The second kappa shape index (κ2) is 12.9. The highest BCUT2D eigenvalue weighted by molar-refractivity contribution is 6.24. The first-order chi connectivity index (χ1) is 28.7. The zero-order valence-corrected chi connectivity index (χ0v) is 31.2. The summed E-state index contributed by atoms with van der Waals surface area (Å²) in [6.07, 6.45) is -0.379. The number of aliphatic imine (C=N–C) groups is 2. The maximum absolute atomic E-state index is 6.82. The van der Waals surface area contributed by atoms with Crippen molar-refractivity contribution in [3.8, 4) is 22.3 Å². The van der Waals surface area contributed by atoms with Crippen LogP contribution >= 0.6 is 0 Å². The summed E-state index contributed by atoms with van der Waals surface area (Å²) in [5.74, 6) is 1.41. The Bertz CT molecular complexity index is 3500. The number of benzene rings is 9. The molecule has 1 N–H and O–H groups in total. The third-order valence-corrected chi connectivity index (χ3v) is 11.5. The van der Waals surface area contributed by atoms with Crippen LogP contribution in [0.3, 0.4) is 0 Å². The van der Waals surface area contributed by atoms with Crippen molar-refractivity contribution in [3.05, 3.63) is 205 Å². The fraction of sp³-hybridized carbons (Fsp3) is 0.0189. The molecule has 5 nitrogen and oxygen atoms in total. The minimum Gasteiger partial charge on any atom is -0.456 e. The van der Waals surface area contributed by atoms with Gasteiger partial charge in [0.1, 0.15) is 34.3 Å². The van der Waals surface area contributed by atoms with Gasteiger partial charge in [-0.2, -0.15) is 0 Å². The van der Waals surface area contributed by atoms with Crippen LogP contribution in [0.4, 0.5) is 0 Å². The molecule has 0 spiro atoms. The van der Waals surface area contributed by atoms with Crippen LogP contribution in [0.25, 0.3) is 87.7 Å². The first-order valence-electron chi connectivity index (χ1n) is 19.6. The van der Waals surface area contributed by atoms with Gasteiger partial charge in [0.25, 0.3) is 0 Å². The van der Waals surface area contributed by atoms with Crippen molar-refractivity contribution >= 4 is 77.1 Å². The van der Waals surface area contributed by atoms with Gasteiger partial charge in [-0.3, -0.25) is 0 Å². The van der Waals surface area contributed by atoms with Gasteiger partial charge in [0.05, 0.1) is 0 Å². The van der Waals surface area contributed by atoms with Crippen molar-refractivity contribution in [2.24, 2.45) is 9.98 Å². The van der Waals surface area contributed by atoms with E-state index in [2.05, 4.69) is 163 Å². The lowest BCUT2D eigenvalue weighted by Gasteiger charge is -2.24. The van der Waals surface area contributed by atoms with Gasteiger partial charge in [-0.05, 0) is 74.1 Å². The molecule has 272 valence electrons. The Hall–Kier alpha value is -7.76. The fourth-order valence-electron chi connectivity index (χ4n) is 8.70. The third-order valence-electron chi connectivity index (χ3n) is 11.5. The number of hydrogen-bond donors (Lipinski definition) is 1. The molecule has 0 fully saturated rings. The van der Waals surface area contributed by atoms with Crippen LogP contribution in [-0.2, 0) is 0 Å². The smallest absolute Gasteiger partial charge is 0.159 e. The predicted molar refractivity (Wildman–Crippen MR) is 239 cm³/mol. The molecule has 0 saturated carbocycles. The van der Waals surface area contributed by atoms with E-state index in [9.17, 15) is 0 Å². The second-order valence-electron chi connectivity index (χ2n) is 14.9. The zero-order chi connectivity index (χ0) is 38.2. The Morgan fingerprint density at radius 3 is 1.78 bits per heavy atom. The molecule has 9 aromatic carbocycles. The molecule has 5 heteroatoms. The van der Waals surface area contributed by atoms with Crippen molar-refractivity contribution in [3.63, 3.8) is 0 Å². The van der Waals surface area contributed by atoms with E-state index in [1.807, 2.05) is 30.3 Å². The van der Waals surface area contributed by atoms with E-state index in [0.717, 1.165) is 88.5 Å². The summed E-state index contributed by atoms with van der Waals surface area (Å²) in [6.45, 7) is 0. The van der Waals surface area contributed by atoms with Gasteiger partial charge in [-0.1, -0.05) is 158 Å². The van der Waals surface area contributed by atoms with E-state index in [-0.39, 0.29) is 6.17 Å². The highest BCUT2D eigenvalue weighted by Crippen LogP contribution is 2.42. The molecule has 0 bridgehead atoms. The van der Waals surface area contributed by atoms with Gasteiger partial charge >= 0.3 is 0 Å². The lowest BCUT2D eigenvalue weighted by atomic mass is 9.96. The first-order valence-corrected chi connectivity index (χ1v) is 19.6. The molecule has 0 aliphatic carbocycles. The standard InChI is InChI=1S/C53H33N3O2/c1-3-12-36-30-38(28-24-32(36)10-1)34-22-26-35(27-23-34)51-54-52(39-29-25-33-11-2-4-13-37(33)31-39)56-53(55-51)44-18-9-21-47-49(44)43-17-7-16-41(50(43)58-47)40-15-8-20-46-48(40)42-14-5-6-19-45(42)57-46/h1-31,51H,(H,54,55,56). The summed E-state index contributed by atoms with van der Waals surface area (Å²) in [7, 11) is 0. The Kier molecular flexibility index (Phi) is 7.23. The molecular formula is C53H33N3O2. The minimum atomic E-state index is -0.379. The van der Waals surface area contributed by atoms with Gasteiger partial charge in [0.15, 0.2) is 5.84 Å². The van der Waals surface area contributed by atoms with Crippen LogP contribution in [0, 0.1) is 0 Å². The van der Waals surface area contributed by atoms with E-state index in [1.54, 1.807) is 0 Å². The normalized spacial score (nSPS) is 14.4. The molecule has 58 heavy (non-hydrogen) atoms. The van der Waals surface area contributed by atoms with E-state index in [1.165, 1.54) is 21.7 Å². The van der Waals surface area contributed by atoms with Gasteiger partial charge < -0.3 is 14.2 Å². The number of nitrogens with one attached hydrogen (secondary N) is 1. The Morgan fingerprint density at radius 1 is 0.414 bits per heavy atom. The third kappa shape index (κ3) is 5.25. The number of rotatable bonds is 5. The van der Waals surface area contributed by atoms with Crippen molar-refractivity contribution in [1.82, 2.24) is 5.32 Å². The van der Waals surface area contributed by atoms with Crippen LogP contribution in [-0.4, -0.2) is 11.7 Å². The highest BCUT2D eigenvalue weighted by Gasteiger charge is 2.25. The largest absolute Gasteiger partial charge is 0.456 e. The molecule has 1 unspecified atom stereocenters. The number of fused-ring (bicyclic) bond motifs is 8. The molecule has 1 aliphatic heterocycles. The number of hydrogen-bond acceptors (Lipinski definition) is 5. The maximum atomic E-state index is 6.82. The molecule has 3 heterocycles. The second-order valence-corrected chi connectivity index (χ2v) is 14.9. The predicted octanol–water partition coefficient (Wildman–Crippen LogP) is 13.6. The topological polar surface area (TPSA) is 63.0 Å². The van der Waals surface area contributed by atoms with E-state index < -0.39 is 0 Å². The molecule has 0 amide bonds. The van der Waals surface area contributed by atoms with Crippen LogP contribution in [0.2, 0.25) is 0 Å². The Labute approximate surface area is 333 Å². The summed E-state index contributed by atoms with van der Waals surface area (Å²) in [6, 6.07) is 65.7. The Balaban J connectivity index is 0.998. The molecule has 2 aromatic heterocycles. The molecular weight excluding hydrogens is 711 g/mol. The van der Waals surface area contributed by atoms with Crippen molar-refractivity contribution < 1.29 is 8.83 Å². The van der Waals surface area contributed by atoms with Gasteiger partial charge in [-0.25, -0.2) is 9.98 Å². The summed E-state index contributed by atoms with van der Waals surface area (Å²) in [5.41, 5.74) is 10.7. The molecule has 0 saturated heterocycles. The van der Waals surface area contributed by atoms with Gasteiger partial charge in [0, 0.05) is 38.2 Å². The number of furan rings is 2. The quantitative estimate of drug-likeness (QED) is 0.191. The van der Waals surface area contributed by atoms with Crippen molar-refractivity contribution in [1.29, 1.82) is 0 Å². The number of nitrogens with zero attached hydrogens (tertiary/aromatic N) is 2. The average molecular weight is 744 g/mol. The lowest BCUT2D eigenvalue weighted by Crippen LogP contribution is -2.33. The SMILES string of the molecule is c1ccc2cc(C3=NC(c4ccc(-c5ccc6ccccc6c5)cc4)NC(c4cccc5oc6c(-c7cccc8oc9ccccc9c78)cccc6c45)=N3)ccc2c1. The average Bonchev–Trinajstić information content (AvgIpc) is 3.88. The summed E-state index contributed by atoms with van der Waals surface area (Å²) >= 11 is 0. The van der Waals surface area contributed by atoms with E-state index >= 15 is 0 Å². The molecule has 11 aromatic rings. The van der Waals surface area contributed by atoms with Crippen LogP contribution in [0.1, 0.15) is 22.9 Å². The van der Waals surface area contributed by atoms with E-state index in [4.69, 9.17) is 18.8 Å². The summed E-state index contributed by atoms with van der Waals surface area (Å²) in [4.78, 5) is 10.6. The van der Waals surface area contributed by atoms with Gasteiger partial charge in [-0.15, -0.1) is 0 Å². The zero-order valence-electron chi connectivity index (χ0n) is 31.2. The molecule has 1 aliphatic rings. The number of amidine groups is 2. The van der Waals surface area contributed by atoms with Crippen LogP contribution in [0.5, 0.6) is 0 Å². The maximum Gasteiger partial charge on any atom is 0.159 e. The molecule has 12 rings (SSSR count). The number of para-hydroxylation sites is 2. The monoisotopic (exact) mass is 743 g/mol. The highest BCUT2D eigenvalue weighted by atomic mass is 16.3. The van der Waals surface area contributed by atoms with Crippen molar-refractivity contribution in [2.45, 2.75) is 6.17 Å². The van der Waals surface area contributed by atoms with E-state index in [0.29, 0.717) is 5.84 Å². The van der Waals surface area contributed by atoms with Crippen molar-refractivity contribution in [2.75, 3.05) is 0 Å². The summed E-state index contributed by atoms with van der Waals surface area (Å²) < 4.78 is 13.1. The first kappa shape index (κ1) is 32.5. The van der Waals surface area contributed by atoms with Gasteiger partial charge in [0.2, 0.25) is 0 Å². The summed E-state index contributed by atoms with van der Waals surface area (Å²) in [5, 5.41) is 12.7. The fourth-order valence-corrected chi connectivity index (χ4v) is 8.70.